The number of nitrogens with one attached hydrogen (secondary N) is 1. The Kier molecular flexibility index (Phi) is 7.45. The quantitative estimate of drug-likeness (QED) is 0.503. The number of nitrogens with zero attached hydrogens (tertiary/aromatic N) is 3. The molecule has 0 spiro atoms. The Bertz CT molecular complexity index is 1180. The third-order valence-electron chi connectivity index (χ3n) is 5.96. The zero-order valence-electron chi connectivity index (χ0n) is 20.3. The fraction of sp³-hybridized carbons (Fsp3) is 0.370. The molecule has 1 aliphatic rings. The monoisotopic (exact) mass is 494 g/mol. The normalized spacial score (nSPS) is 14.6. The molecule has 0 bridgehead atoms. The molecule has 1 saturated heterocycles. The van der Waals surface area contributed by atoms with Crippen LogP contribution < -0.4 is 5.32 Å². The maximum absolute atomic E-state index is 13.3. The van der Waals surface area contributed by atoms with E-state index < -0.39 is 5.60 Å². The smallest absolute Gasteiger partial charge is 0.410 e. The minimum Gasteiger partial charge on any atom is -0.444 e. The molecule has 0 aliphatic carbocycles. The molecular formula is C27H31ClN4O3. The molecule has 0 atom stereocenters. The number of ether oxygens (including phenoxy) is 1. The highest BCUT2D eigenvalue weighted by atomic mass is 35.5. The van der Waals surface area contributed by atoms with Crippen LogP contribution in [-0.4, -0.2) is 45.4 Å². The summed E-state index contributed by atoms with van der Waals surface area (Å²) >= 11 is 6.50. The summed E-state index contributed by atoms with van der Waals surface area (Å²) in [7, 11) is 0. The van der Waals surface area contributed by atoms with Crippen molar-refractivity contribution in [3.63, 3.8) is 0 Å². The van der Waals surface area contributed by atoms with E-state index in [1.807, 2.05) is 75.4 Å². The first-order valence-electron chi connectivity index (χ1n) is 11.9. The zero-order valence-corrected chi connectivity index (χ0v) is 21.1. The molecule has 0 saturated carbocycles. The average molecular weight is 495 g/mol. The van der Waals surface area contributed by atoms with Gasteiger partial charge in [-0.05, 0) is 51.3 Å². The van der Waals surface area contributed by atoms with Crippen LogP contribution in [0.4, 0.5) is 4.79 Å². The Balaban J connectivity index is 1.58. The molecular weight excluding hydrogens is 464 g/mol. The van der Waals surface area contributed by atoms with Crippen molar-refractivity contribution in [1.29, 1.82) is 0 Å². The SMILES string of the molecule is CC(C)(C)OC(=O)N1CCC(c2c(C(=O)NCc3ccccc3)cnn2-c2ccccc2Cl)CC1. The van der Waals surface area contributed by atoms with Gasteiger partial charge in [0.15, 0.2) is 0 Å². The van der Waals surface area contributed by atoms with E-state index in [1.54, 1.807) is 15.8 Å². The van der Waals surface area contributed by atoms with Gasteiger partial charge in [-0.15, -0.1) is 0 Å². The van der Waals surface area contributed by atoms with Crippen LogP contribution in [0.2, 0.25) is 5.02 Å². The van der Waals surface area contributed by atoms with Gasteiger partial charge in [-0.1, -0.05) is 54.1 Å². The first kappa shape index (κ1) is 24.8. The van der Waals surface area contributed by atoms with E-state index in [0.29, 0.717) is 43.1 Å². The van der Waals surface area contributed by atoms with Crippen LogP contribution in [0.25, 0.3) is 5.69 Å². The molecule has 0 unspecified atom stereocenters. The van der Waals surface area contributed by atoms with Gasteiger partial charge in [-0.25, -0.2) is 9.48 Å². The summed E-state index contributed by atoms with van der Waals surface area (Å²) in [5.74, 6) is -0.151. The van der Waals surface area contributed by atoms with Gasteiger partial charge in [0.1, 0.15) is 5.60 Å². The summed E-state index contributed by atoms with van der Waals surface area (Å²) in [6.07, 6.45) is 2.68. The highest BCUT2D eigenvalue weighted by molar-refractivity contribution is 6.32. The average Bonchev–Trinajstić information content (AvgIpc) is 3.27. The molecule has 4 rings (SSSR count). The standard InChI is InChI=1S/C27H31ClN4O3/c1-27(2,3)35-26(34)31-15-13-20(14-16-31)24-21(25(33)29-17-19-9-5-4-6-10-19)18-30-32(24)23-12-8-7-11-22(23)28/h4-12,18,20H,13-17H2,1-3H3,(H,29,33). The van der Waals surface area contributed by atoms with Crippen LogP contribution in [0.3, 0.4) is 0 Å². The van der Waals surface area contributed by atoms with Gasteiger partial charge in [0, 0.05) is 25.6 Å². The third-order valence-corrected chi connectivity index (χ3v) is 6.28. The summed E-state index contributed by atoms with van der Waals surface area (Å²) in [4.78, 5) is 27.5. The molecule has 0 radical (unpaired) electrons. The number of para-hydroxylation sites is 1. The Morgan fingerprint density at radius 1 is 1.06 bits per heavy atom. The van der Waals surface area contributed by atoms with Gasteiger partial charge >= 0.3 is 6.09 Å². The van der Waals surface area contributed by atoms with Crippen molar-refractivity contribution in [3.05, 3.63) is 82.6 Å². The van der Waals surface area contributed by atoms with Gasteiger partial charge in [0.2, 0.25) is 0 Å². The number of likely N-dealkylation sites (tertiary alicyclic amines) is 1. The molecule has 2 amide bonds. The number of piperidine rings is 1. The van der Waals surface area contributed by atoms with Crippen LogP contribution >= 0.6 is 11.6 Å². The highest BCUT2D eigenvalue weighted by Crippen LogP contribution is 2.34. The molecule has 2 heterocycles. The molecule has 1 aromatic heterocycles. The zero-order chi connectivity index (χ0) is 25.0. The number of halogens is 1. The number of benzene rings is 2. The molecule has 2 aromatic carbocycles. The second-order valence-electron chi connectivity index (χ2n) is 9.72. The minimum atomic E-state index is -0.541. The fourth-order valence-electron chi connectivity index (χ4n) is 4.28. The molecule has 7 nitrogen and oxygen atoms in total. The van der Waals surface area contributed by atoms with E-state index in [4.69, 9.17) is 16.3 Å². The van der Waals surface area contributed by atoms with E-state index in [9.17, 15) is 9.59 Å². The largest absolute Gasteiger partial charge is 0.444 e. The molecule has 1 aliphatic heterocycles. The number of amides is 2. The van der Waals surface area contributed by atoms with E-state index in [2.05, 4.69) is 10.4 Å². The van der Waals surface area contributed by atoms with Gasteiger partial charge in [-0.3, -0.25) is 4.79 Å². The van der Waals surface area contributed by atoms with Crippen LogP contribution in [0, 0.1) is 0 Å². The van der Waals surface area contributed by atoms with Gasteiger partial charge in [-0.2, -0.15) is 5.10 Å². The van der Waals surface area contributed by atoms with E-state index in [0.717, 1.165) is 16.9 Å². The number of hydrogen-bond acceptors (Lipinski definition) is 4. The van der Waals surface area contributed by atoms with Crippen molar-refractivity contribution in [3.8, 4) is 5.69 Å². The molecule has 35 heavy (non-hydrogen) atoms. The first-order valence-corrected chi connectivity index (χ1v) is 12.2. The number of hydrogen-bond donors (Lipinski definition) is 1. The maximum Gasteiger partial charge on any atom is 0.410 e. The molecule has 184 valence electrons. The van der Waals surface area contributed by atoms with E-state index in [1.165, 1.54) is 0 Å². The lowest BCUT2D eigenvalue weighted by Crippen LogP contribution is -2.41. The lowest BCUT2D eigenvalue weighted by molar-refractivity contribution is 0.0203. The van der Waals surface area contributed by atoms with Crippen LogP contribution in [0.1, 0.15) is 61.1 Å². The van der Waals surface area contributed by atoms with Gasteiger partial charge in [0.25, 0.3) is 5.91 Å². The molecule has 3 aromatic rings. The summed E-state index contributed by atoms with van der Waals surface area (Å²) in [5.41, 5.74) is 2.54. The predicted molar refractivity (Wildman–Crippen MR) is 136 cm³/mol. The fourth-order valence-corrected chi connectivity index (χ4v) is 4.49. The van der Waals surface area contributed by atoms with E-state index in [-0.39, 0.29) is 17.9 Å². The Morgan fingerprint density at radius 2 is 1.71 bits per heavy atom. The summed E-state index contributed by atoms with van der Waals surface area (Å²) in [6.45, 7) is 7.09. The van der Waals surface area contributed by atoms with Crippen LogP contribution in [-0.2, 0) is 11.3 Å². The van der Waals surface area contributed by atoms with Crippen molar-refractivity contribution < 1.29 is 14.3 Å². The summed E-state index contributed by atoms with van der Waals surface area (Å²) in [6, 6.07) is 17.2. The summed E-state index contributed by atoms with van der Waals surface area (Å²) < 4.78 is 7.31. The number of carbonyl (C=O) groups excluding carboxylic acids is 2. The van der Waals surface area contributed by atoms with Crippen molar-refractivity contribution in [2.45, 2.75) is 51.7 Å². The van der Waals surface area contributed by atoms with Crippen LogP contribution in [0.15, 0.2) is 60.8 Å². The Hall–Kier alpha value is -3.32. The lowest BCUT2D eigenvalue weighted by Gasteiger charge is -2.34. The van der Waals surface area contributed by atoms with Crippen molar-refractivity contribution >= 4 is 23.6 Å². The van der Waals surface area contributed by atoms with Crippen molar-refractivity contribution in [1.82, 2.24) is 20.0 Å². The first-order chi connectivity index (χ1) is 16.7. The minimum absolute atomic E-state index is 0.0323. The Morgan fingerprint density at radius 3 is 2.37 bits per heavy atom. The molecule has 1 fully saturated rings. The van der Waals surface area contributed by atoms with Gasteiger partial charge < -0.3 is 15.0 Å². The summed E-state index contributed by atoms with van der Waals surface area (Å²) in [5, 5.41) is 8.14. The van der Waals surface area contributed by atoms with Crippen molar-refractivity contribution in [2.75, 3.05) is 13.1 Å². The lowest BCUT2D eigenvalue weighted by atomic mass is 9.90. The second-order valence-corrected chi connectivity index (χ2v) is 10.1. The highest BCUT2D eigenvalue weighted by Gasteiger charge is 2.32. The van der Waals surface area contributed by atoms with Crippen molar-refractivity contribution in [2.24, 2.45) is 0 Å². The topological polar surface area (TPSA) is 76.5 Å². The maximum atomic E-state index is 13.3. The number of rotatable bonds is 5. The number of carbonyl (C=O) groups is 2. The van der Waals surface area contributed by atoms with Crippen LogP contribution in [0.5, 0.6) is 0 Å². The van der Waals surface area contributed by atoms with E-state index >= 15 is 0 Å². The number of aromatic nitrogens is 2. The predicted octanol–water partition coefficient (Wildman–Crippen LogP) is 5.57. The van der Waals surface area contributed by atoms with Gasteiger partial charge in [0.05, 0.1) is 28.2 Å². The molecule has 1 N–H and O–H groups in total. The third kappa shape index (κ3) is 6.03. The second kappa shape index (κ2) is 10.5. The molecule has 8 heteroatoms. The Labute approximate surface area is 211 Å².